The number of anilines is 1. The number of pyridine rings is 1. The topological polar surface area (TPSA) is 24.9 Å². The maximum absolute atomic E-state index is 4.53. The molecule has 0 atom stereocenters. The van der Waals surface area contributed by atoms with Gasteiger partial charge in [0.25, 0.3) is 0 Å². The minimum atomic E-state index is 0.956. The van der Waals surface area contributed by atoms with Gasteiger partial charge in [-0.2, -0.15) is 0 Å². The highest BCUT2D eigenvalue weighted by Crippen LogP contribution is 2.22. The normalized spacial score (nSPS) is 11.2. The fourth-order valence-corrected chi connectivity index (χ4v) is 1.91. The summed E-state index contributed by atoms with van der Waals surface area (Å²) in [7, 11) is 0. The number of para-hydroxylation sites is 1. The number of aromatic nitrogens is 1. The summed E-state index contributed by atoms with van der Waals surface area (Å²) < 4.78 is 0. The summed E-state index contributed by atoms with van der Waals surface area (Å²) in [5.41, 5.74) is 3.29. The minimum absolute atomic E-state index is 0.956. The van der Waals surface area contributed by atoms with Crippen LogP contribution in [0, 0.1) is 6.92 Å². The minimum Gasteiger partial charge on any atom is -0.384 e. The number of hydrogen-bond donors (Lipinski definition) is 1. The second-order valence-corrected chi connectivity index (χ2v) is 4.11. The van der Waals surface area contributed by atoms with Crippen molar-refractivity contribution in [1.29, 1.82) is 0 Å². The van der Waals surface area contributed by atoms with E-state index in [1.165, 1.54) is 11.1 Å². The molecular weight excluding hydrogens is 208 g/mol. The van der Waals surface area contributed by atoms with Crippen LogP contribution in [-0.2, 0) is 0 Å². The molecular formula is C15H18N2. The van der Waals surface area contributed by atoms with Crippen LogP contribution in [0.3, 0.4) is 0 Å². The smallest absolute Gasteiger partial charge is 0.0725 e. The van der Waals surface area contributed by atoms with E-state index in [2.05, 4.69) is 46.7 Å². The number of fused-ring (bicyclic) bond motifs is 1. The summed E-state index contributed by atoms with van der Waals surface area (Å²) in [6.45, 7) is 5.04. The van der Waals surface area contributed by atoms with E-state index < -0.39 is 0 Å². The molecule has 0 aliphatic carbocycles. The van der Waals surface area contributed by atoms with E-state index in [1.807, 2.05) is 19.9 Å². The second-order valence-electron chi connectivity index (χ2n) is 4.11. The Bertz CT molecular complexity index is 529. The highest BCUT2D eigenvalue weighted by atomic mass is 14.9. The molecule has 0 spiro atoms. The molecule has 0 aliphatic rings. The Balaban J connectivity index is 2.26. The zero-order valence-electron chi connectivity index (χ0n) is 10.4. The van der Waals surface area contributed by atoms with E-state index in [9.17, 15) is 0 Å². The summed E-state index contributed by atoms with van der Waals surface area (Å²) in [4.78, 5) is 4.53. The monoisotopic (exact) mass is 226 g/mol. The Morgan fingerprint density at radius 2 is 2.12 bits per heavy atom. The number of aryl methyl sites for hydroxylation is 1. The average molecular weight is 226 g/mol. The molecule has 0 fully saturated rings. The lowest BCUT2D eigenvalue weighted by Gasteiger charge is -2.09. The van der Waals surface area contributed by atoms with Crippen molar-refractivity contribution in [3.8, 4) is 0 Å². The average Bonchev–Trinajstić information content (AvgIpc) is 2.34. The third-order valence-corrected chi connectivity index (χ3v) is 2.71. The SMILES string of the molecule is C/C=C/CCNc1cc(C)nc2ccccc12. The van der Waals surface area contributed by atoms with Gasteiger partial charge in [-0.3, -0.25) is 4.98 Å². The van der Waals surface area contributed by atoms with Crippen molar-refractivity contribution in [1.82, 2.24) is 4.98 Å². The first-order valence-electron chi connectivity index (χ1n) is 6.02. The van der Waals surface area contributed by atoms with Crippen molar-refractivity contribution < 1.29 is 0 Å². The molecule has 0 saturated heterocycles. The van der Waals surface area contributed by atoms with Gasteiger partial charge in [0.05, 0.1) is 5.52 Å². The lowest BCUT2D eigenvalue weighted by Crippen LogP contribution is -2.02. The van der Waals surface area contributed by atoms with Gasteiger partial charge in [0, 0.05) is 23.3 Å². The van der Waals surface area contributed by atoms with Crippen LogP contribution in [0.15, 0.2) is 42.5 Å². The molecule has 0 saturated carbocycles. The lowest BCUT2D eigenvalue weighted by atomic mass is 10.1. The number of nitrogens with zero attached hydrogens (tertiary/aromatic N) is 1. The molecule has 0 aliphatic heterocycles. The summed E-state index contributed by atoms with van der Waals surface area (Å²) in [6.07, 6.45) is 5.30. The van der Waals surface area contributed by atoms with Crippen molar-refractivity contribution in [2.24, 2.45) is 0 Å². The van der Waals surface area contributed by atoms with Gasteiger partial charge in [0.2, 0.25) is 0 Å². The van der Waals surface area contributed by atoms with E-state index in [-0.39, 0.29) is 0 Å². The third-order valence-electron chi connectivity index (χ3n) is 2.71. The summed E-state index contributed by atoms with van der Waals surface area (Å²) >= 11 is 0. The standard InChI is InChI=1S/C15H18N2/c1-3-4-7-10-16-15-11-12(2)17-14-9-6-5-8-13(14)15/h3-6,8-9,11H,7,10H2,1-2H3,(H,16,17)/b4-3+. The fourth-order valence-electron chi connectivity index (χ4n) is 1.91. The molecule has 2 nitrogen and oxygen atoms in total. The largest absolute Gasteiger partial charge is 0.384 e. The quantitative estimate of drug-likeness (QED) is 0.631. The highest BCUT2D eigenvalue weighted by Gasteiger charge is 2.01. The number of nitrogens with one attached hydrogen (secondary N) is 1. The van der Waals surface area contributed by atoms with Crippen LogP contribution in [0.25, 0.3) is 10.9 Å². The van der Waals surface area contributed by atoms with Crippen LogP contribution in [-0.4, -0.2) is 11.5 Å². The molecule has 0 radical (unpaired) electrons. The Hall–Kier alpha value is -1.83. The lowest BCUT2D eigenvalue weighted by molar-refractivity contribution is 1.06. The van der Waals surface area contributed by atoms with Crippen LogP contribution in [0.1, 0.15) is 19.0 Å². The molecule has 2 heteroatoms. The highest BCUT2D eigenvalue weighted by molar-refractivity contribution is 5.91. The molecule has 1 aromatic heterocycles. The molecule has 17 heavy (non-hydrogen) atoms. The Morgan fingerprint density at radius 3 is 2.94 bits per heavy atom. The molecule has 88 valence electrons. The van der Waals surface area contributed by atoms with Gasteiger partial charge in [0.15, 0.2) is 0 Å². The number of benzene rings is 1. The third kappa shape index (κ3) is 2.84. The predicted octanol–water partition coefficient (Wildman–Crippen LogP) is 3.92. The van der Waals surface area contributed by atoms with Crippen LogP contribution >= 0.6 is 0 Å². The Kier molecular flexibility index (Phi) is 3.76. The van der Waals surface area contributed by atoms with E-state index >= 15 is 0 Å². The van der Waals surface area contributed by atoms with Crippen LogP contribution in [0.4, 0.5) is 5.69 Å². The van der Waals surface area contributed by atoms with Gasteiger partial charge in [-0.05, 0) is 32.4 Å². The van der Waals surface area contributed by atoms with Gasteiger partial charge < -0.3 is 5.32 Å². The summed E-state index contributed by atoms with van der Waals surface area (Å²) in [6, 6.07) is 10.4. The van der Waals surface area contributed by atoms with E-state index in [0.29, 0.717) is 0 Å². The Morgan fingerprint density at radius 1 is 1.29 bits per heavy atom. The molecule has 0 bridgehead atoms. The molecule has 2 aromatic rings. The fraction of sp³-hybridized carbons (Fsp3) is 0.267. The molecule has 1 N–H and O–H groups in total. The maximum Gasteiger partial charge on any atom is 0.0725 e. The molecule has 2 rings (SSSR count). The van der Waals surface area contributed by atoms with E-state index in [1.54, 1.807) is 0 Å². The van der Waals surface area contributed by atoms with E-state index in [4.69, 9.17) is 0 Å². The maximum atomic E-state index is 4.53. The van der Waals surface area contributed by atoms with Crippen LogP contribution in [0.2, 0.25) is 0 Å². The van der Waals surface area contributed by atoms with Crippen molar-refractivity contribution in [2.45, 2.75) is 20.3 Å². The molecule has 1 aromatic carbocycles. The number of rotatable bonds is 4. The van der Waals surface area contributed by atoms with Crippen molar-refractivity contribution in [3.05, 3.63) is 48.2 Å². The summed E-state index contributed by atoms with van der Waals surface area (Å²) in [5.74, 6) is 0. The van der Waals surface area contributed by atoms with Crippen LogP contribution in [0.5, 0.6) is 0 Å². The number of hydrogen-bond acceptors (Lipinski definition) is 2. The number of allylic oxidation sites excluding steroid dienone is 1. The van der Waals surface area contributed by atoms with Crippen molar-refractivity contribution >= 4 is 16.6 Å². The second kappa shape index (κ2) is 5.48. The van der Waals surface area contributed by atoms with Gasteiger partial charge in [0.1, 0.15) is 0 Å². The predicted molar refractivity (Wildman–Crippen MR) is 74.4 cm³/mol. The van der Waals surface area contributed by atoms with Gasteiger partial charge in [-0.25, -0.2) is 0 Å². The first-order chi connectivity index (χ1) is 8.31. The molecule has 0 unspecified atom stereocenters. The first kappa shape index (κ1) is 11.6. The van der Waals surface area contributed by atoms with Gasteiger partial charge >= 0.3 is 0 Å². The molecule has 1 heterocycles. The Labute approximate surface area is 102 Å². The summed E-state index contributed by atoms with van der Waals surface area (Å²) in [5, 5.41) is 4.67. The zero-order valence-corrected chi connectivity index (χ0v) is 10.4. The molecule has 0 amide bonds. The van der Waals surface area contributed by atoms with Crippen LogP contribution < -0.4 is 5.32 Å². The first-order valence-corrected chi connectivity index (χ1v) is 6.02. The van der Waals surface area contributed by atoms with Gasteiger partial charge in [-0.1, -0.05) is 30.4 Å². The van der Waals surface area contributed by atoms with Crippen molar-refractivity contribution in [3.63, 3.8) is 0 Å². The van der Waals surface area contributed by atoms with Crippen molar-refractivity contribution in [2.75, 3.05) is 11.9 Å². The van der Waals surface area contributed by atoms with Gasteiger partial charge in [-0.15, -0.1) is 0 Å². The zero-order chi connectivity index (χ0) is 12.1. The van der Waals surface area contributed by atoms with E-state index in [0.717, 1.165) is 24.2 Å².